The second-order valence-corrected chi connectivity index (χ2v) is 7.57. The Morgan fingerprint density at radius 2 is 1.90 bits per heavy atom. The van der Waals surface area contributed by atoms with Crippen LogP contribution in [0.25, 0.3) is 0 Å². The van der Waals surface area contributed by atoms with E-state index < -0.39 is 0 Å². The van der Waals surface area contributed by atoms with Gasteiger partial charge in [-0.1, -0.05) is 25.1 Å². The van der Waals surface area contributed by atoms with Gasteiger partial charge in [-0.3, -0.25) is 9.59 Å². The minimum absolute atomic E-state index is 0.156. The highest BCUT2D eigenvalue weighted by atomic mass is 16.5. The standard InChI is InChI=1S/C22H25N3O4/c1-12(14-6-4-5-7-19(14)28-3)17-8-13(9-18(24-17)22(27)23-2)21(26)25-20-15-10-29-11-16(15)20/h4-9,12,15-16,20H,10-11H2,1-3H3,(H,23,27)(H,25,26). The Hall–Kier alpha value is -2.93. The average molecular weight is 395 g/mol. The predicted octanol–water partition coefficient (Wildman–Crippen LogP) is 1.98. The van der Waals surface area contributed by atoms with Gasteiger partial charge >= 0.3 is 0 Å². The SMILES string of the molecule is CNC(=O)c1cc(C(=O)NC2C3COCC32)cc(C(C)c2ccccc2OC)n1. The molecule has 1 saturated carbocycles. The number of benzene rings is 1. The zero-order valence-corrected chi connectivity index (χ0v) is 16.8. The third kappa shape index (κ3) is 3.70. The highest BCUT2D eigenvalue weighted by Crippen LogP contribution is 2.44. The Bertz CT molecular complexity index is 935. The van der Waals surface area contributed by atoms with Crippen LogP contribution >= 0.6 is 0 Å². The molecule has 0 radical (unpaired) electrons. The first-order chi connectivity index (χ1) is 14.0. The molecule has 1 aromatic heterocycles. The van der Waals surface area contributed by atoms with E-state index >= 15 is 0 Å². The number of nitrogens with one attached hydrogen (secondary N) is 2. The summed E-state index contributed by atoms with van der Waals surface area (Å²) >= 11 is 0. The van der Waals surface area contributed by atoms with Crippen molar-refractivity contribution >= 4 is 11.8 Å². The van der Waals surface area contributed by atoms with Crippen LogP contribution < -0.4 is 15.4 Å². The van der Waals surface area contributed by atoms with Gasteiger partial charge in [-0.05, 0) is 18.2 Å². The number of hydrogen-bond acceptors (Lipinski definition) is 5. The summed E-state index contributed by atoms with van der Waals surface area (Å²) in [6.07, 6.45) is 0. The molecule has 2 aliphatic rings. The lowest BCUT2D eigenvalue weighted by molar-refractivity contribution is 0.0928. The number of aromatic nitrogens is 1. The number of carbonyl (C=O) groups excluding carboxylic acids is 2. The zero-order valence-electron chi connectivity index (χ0n) is 16.8. The van der Waals surface area contributed by atoms with Crippen molar-refractivity contribution in [3.63, 3.8) is 0 Å². The van der Waals surface area contributed by atoms with Crippen LogP contribution in [0.5, 0.6) is 5.75 Å². The maximum Gasteiger partial charge on any atom is 0.269 e. The molecule has 0 spiro atoms. The quantitative estimate of drug-likeness (QED) is 0.781. The molecule has 1 saturated heterocycles. The predicted molar refractivity (Wildman–Crippen MR) is 107 cm³/mol. The van der Waals surface area contributed by atoms with Crippen LogP contribution in [0.1, 0.15) is 44.9 Å². The van der Waals surface area contributed by atoms with E-state index in [2.05, 4.69) is 15.6 Å². The Balaban J connectivity index is 1.65. The van der Waals surface area contributed by atoms with Gasteiger partial charge in [-0.15, -0.1) is 0 Å². The van der Waals surface area contributed by atoms with Crippen molar-refractivity contribution in [3.8, 4) is 5.75 Å². The lowest BCUT2D eigenvalue weighted by atomic mass is 9.95. The van der Waals surface area contributed by atoms with Crippen LogP contribution in [0.15, 0.2) is 36.4 Å². The van der Waals surface area contributed by atoms with Crippen molar-refractivity contribution in [3.05, 3.63) is 58.9 Å². The molecule has 2 heterocycles. The largest absolute Gasteiger partial charge is 0.496 e. The fourth-order valence-electron chi connectivity index (χ4n) is 4.02. The third-order valence-electron chi connectivity index (χ3n) is 5.87. The number of rotatable bonds is 6. The number of fused-ring (bicyclic) bond motifs is 1. The molecule has 0 bridgehead atoms. The minimum Gasteiger partial charge on any atom is -0.496 e. The van der Waals surface area contributed by atoms with Crippen molar-refractivity contribution in [2.75, 3.05) is 27.4 Å². The average Bonchev–Trinajstić information content (AvgIpc) is 3.17. The second kappa shape index (κ2) is 7.83. The molecular weight excluding hydrogens is 370 g/mol. The van der Waals surface area contributed by atoms with Gasteiger partial charge in [0.15, 0.2) is 0 Å². The number of hydrogen-bond donors (Lipinski definition) is 2. The summed E-state index contributed by atoms with van der Waals surface area (Å²) in [5.74, 6) is 0.882. The third-order valence-corrected chi connectivity index (χ3v) is 5.87. The Morgan fingerprint density at radius 3 is 2.59 bits per heavy atom. The van der Waals surface area contributed by atoms with Crippen LogP contribution in [0.4, 0.5) is 0 Å². The minimum atomic E-state index is -0.329. The van der Waals surface area contributed by atoms with Crippen molar-refractivity contribution in [2.45, 2.75) is 18.9 Å². The van der Waals surface area contributed by atoms with E-state index in [1.54, 1.807) is 26.3 Å². The van der Waals surface area contributed by atoms with Crippen LogP contribution in [0.3, 0.4) is 0 Å². The van der Waals surface area contributed by atoms with Crippen molar-refractivity contribution < 1.29 is 19.1 Å². The van der Waals surface area contributed by atoms with Gasteiger partial charge in [0.2, 0.25) is 0 Å². The molecule has 3 atom stereocenters. The Kier molecular flexibility index (Phi) is 5.24. The van der Waals surface area contributed by atoms with Crippen molar-refractivity contribution in [1.29, 1.82) is 0 Å². The van der Waals surface area contributed by atoms with E-state index in [1.807, 2.05) is 31.2 Å². The molecule has 1 aliphatic heterocycles. The molecule has 2 aromatic rings. The van der Waals surface area contributed by atoms with Gasteiger partial charge in [0.1, 0.15) is 11.4 Å². The van der Waals surface area contributed by atoms with Gasteiger partial charge in [0, 0.05) is 47.7 Å². The molecule has 7 nitrogen and oxygen atoms in total. The van der Waals surface area contributed by atoms with Crippen LogP contribution in [0.2, 0.25) is 0 Å². The van der Waals surface area contributed by atoms with Gasteiger partial charge in [0.05, 0.1) is 20.3 Å². The van der Waals surface area contributed by atoms with E-state index in [0.717, 1.165) is 11.3 Å². The van der Waals surface area contributed by atoms with Crippen LogP contribution in [0, 0.1) is 11.8 Å². The summed E-state index contributed by atoms with van der Waals surface area (Å²) in [6, 6.07) is 11.1. The van der Waals surface area contributed by atoms with E-state index in [0.29, 0.717) is 36.3 Å². The van der Waals surface area contributed by atoms with Crippen LogP contribution in [-0.4, -0.2) is 50.2 Å². The number of nitrogens with zero attached hydrogens (tertiary/aromatic N) is 1. The highest BCUT2D eigenvalue weighted by Gasteiger charge is 2.54. The number of ether oxygens (including phenoxy) is 2. The Morgan fingerprint density at radius 1 is 1.17 bits per heavy atom. The molecule has 152 valence electrons. The number of pyridine rings is 1. The molecule has 3 unspecified atom stereocenters. The maximum atomic E-state index is 12.9. The van der Waals surface area contributed by atoms with E-state index in [4.69, 9.17) is 9.47 Å². The molecule has 4 rings (SSSR count). The van der Waals surface area contributed by atoms with Gasteiger partial charge in [-0.2, -0.15) is 0 Å². The highest BCUT2D eigenvalue weighted by molar-refractivity contribution is 5.99. The molecule has 2 fully saturated rings. The summed E-state index contributed by atoms with van der Waals surface area (Å²) in [7, 11) is 3.17. The Labute approximate surface area is 169 Å². The molecule has 2 N–H and O–H groups in total. The first-order valence-electron chi connectivity index (χ1n) is 9.79. The summed E-state index contributed by atoms with van der Waals surface area (Å²) in [5.41, 5.74) is 2.23. The lowest BCUT2D eigenvalue weighted by Crippen LogP contribution is -2.30. The van der Waals surface area contributed by atoms with E-state index in [-0.39, 0.29) is 29.5 Å². The fourth-order valence-corrected chi connectivity index (χ4v) is 4.02. The maximum absolute atomic E-state index is 12.9. The molecule has 29 heavy (non-hydrogen) atoms. The molecule has 1 aromatic carbocycles. The molecule has 7 heteroatoms. The lowest BCUT2D eigenvalue weighted by Gasteiger charge is -2.17. The monoisotopic (exact) mass is 395 g/mol. The van der Waals surface area contributed by atoms with Gasteiger partial charge < -0.3 is 20.1 Å². The summed E-state index contributed by atoms with van der Waals surface area (Å²) in [4.78, 5) is 29.7. The van der Waals surface area contributed by atoms with E-state index in [1.165, 1.54) is 0 Å². The smallest absolute Gasteiger partial charge is 0.269 e. The van der Waals surface area contributed by atoms with Crippen LogP contribution in [-0.2, 0) is 4.74 Å². The molecule has 1 aliphatic carbocycles. The normalized spacial score (nSPS) is 23.1. The topological polar surface area (TPSA) is 89.6 Å². The van der Waals surface area contributed by atoms with Crippen molar-refractivity contribution in [2.24, 2.45) is 11.8 Å². The number of carbonyl (C=O) groups is 2. The zero-order chi connectivity index (χ0) is 20.5. The first kappa shape index (κ1) is 19.4. The number of methoxy groups -OCH3 is 1. The van der Waals surface area contributed by atoms with Crippen molar-refractivity contribution in [1.82, 2.24) is 15.6 Å². The van der Waals surface area contributed by atoms with E-state index in [9.17, 15) is 9.59 Å². The number of amides is 2. The summed E-state index contributed by atoms with van der Waals surface area (Å²) in [5, 5.41) is 5.67. The van der Waals surface area contributed by atoms with Gasteiger partial charge in [-0.25, -0.2) is 4.98 Å². The fraction of sp³-hybridized carbons (Fsp3) is 0.409. The summed E-state index contributed by atoms with van der Waals surface area (Å²) in [6.45, 7) is 3.38. The second-order valence-electron chi connectivity index (χ2n) is 7.57. The molecule has 2 amide bonds. The molecular formula is C22H25N3O4. The summed E-state index contributed by atoms with van der Waals surface area (Å²) < 4.78 is 10.9. The first-order valence-corrected chi connectivity index (χ1v) is 9.79. The van der Waals surface area contributed by atoms with Gasteiger partial charge in [0.25, 0.3) is 11.8 Å². The number of para-hydroxylation sites is 1.